The van der Waals surface area contributed by atoms with Crippen molar-refractivity contribution in [3.05, 3.63) is 23.8 Å². The molecule has 20 heavy (non-hydrogen) atoms. The van der Waals surface area contributed by atoms with Crippen molar-refractivity contribution in [2.45, 2.75) is 26.3 Å². The minimum Gasteiger partial charge on any atom is -0.497 e. The molecule has 0 fully saturated rings. The highest BCUT2D eigenvalue weighted by atomic mass is 16.5. The van der Waals surface area contributed by atoms with Crippen molar-refractivity contribution >= 4 is 5.91 Å². The molecule has 1 rings (SSSR count). The molecule has 0 saturated carbocycles. The van der Waals surface area contributed by atoms with Gasteiger partial charge >= 0.3 is 0 Å². The second-order valence-electron chi connectivity index (χ2n) is 4.97. The van der Waals surface area contributed by atoms with Crippen LogP contribution >= 0.6 is 0 Å². The van der Waals surface area contributed by atoms with Gasteiger partial charge in [0.2, 0.25) is 0 Å². The zero-order chi connectivity index (χ0) is 15.1. The Kier molecular flexibility index (Phi) is 6.31. The van der Waals surface area contributed by atoms with Gasteiger partial charge in [0.25, 0.3) is 5.91 Å². The number of hydrogen-bond acceptors (Lipinski definition) is 4. The summed E-state index contributed by atoms with van der Waals surface area (Å²) in [5.74, 6) is 1.29. The second kappa shape index (κ2) is 7.75. The van der Waals surface area contributed by atoms with Crippen LogP contribution in [0.1, 0.15) is 30.6 Å². The predicted molar refractivity (Wildman–Crippen MR) is 79.3 cm³/mol. The van der Waals surface area contributed by atoms with Crippen LogP contribution in [0, 0.1) is 5.92 Å². The average Bonchev–Trinajstić information content (AvgIpc) is 2.45. The van der Waals surface area contributed by atoms with Gasteiger partial charge in [0.1, 0.15) is 11.5 Å². The Balaban J connectivity index is 2.95. The van der Waals surface area contributed by atoms with Gasteiger partial charge in [0.15, 0.2) is 0 Å². The largest absolute Gasteiger partial charge is 0.497 e. The molecule has 0 bridgehead atoms. The number of amides is 1. The number of carbonyl (C=O) groups is 1. The smallest absolute Gasteiger partial charge is 0.255 e. The molecule has 1 aromatic carbocycles. The molecule has 0 aliphatic rings. The van der Waals surface area contributed by atoms with Crippen LogP contribution in [0.2, 0.25) is 0 Å². The summed E-state index contributed by atoms with van der Waals surface area (Å²) in [4.78, 5) is 12.4. The van der Waals surface area contributed by atoms with Gasteiger partial charge in [-0.25, -0.2) is 0 Å². The summed E-state index contributed by atoms with van der Waals surface area (Å²) < 4.78 is 10.4. The Morgan fingerprint density at radius 3 is 2.50 bits per heavy atom. The molecule has 0 radical (unpaired) electrons. The van der Waals surface area contributed by atoms with E-state index in [9.17, 15) is 4.79 Å². The van der Waals surface area contributed by atoms with Crippen LogP contribution in [0.3, 0.4) is 0 Å². The highest BCUT2D eigenvalue weighted by Crippen LogP contribution is 2.24. The molecule has 0 spiro atoms. The zero-order valence-electron chi connectivity index (χ0n) is 12.6. The van der Waals surface area contributed by atoms with Crippen LogP contribution < -0.4 is 20.5 Å². The van der Waals surface area contributed by atoms with E-state index in [1.807, 2.05) is 0 Å². The SMILES string of the molecule is COc1ccc(OC)c(C(=O)NC(CCN)C(C)C)c1. The molecule has 0 heterocycles. The van der Waals surface area contributed by atoms with Gasteiger partial charge in [-0.1, -0.05) is 13.8 Å². The molecule has 0 saturated heterocycles. The first-order chi connectivity index (χ1) is 9.53. The van der Waals surface area contributed by atoms with Crippen LogP contribution in [0.25, 0.3) is 0 Å². The third-order valence-corrected chi connectivity index (χ3v) is 3.25. The van der Waals surface area contributed by atoms with Gasteiger partial charge in [-0.3, -0.25) is 4.79 Å². The maximum Gasteiger partial charge on any atom is 0.255 e. The van der Waals surface area contributed by atoms with E-state index in [2.05, 4.69) is 19.2 Å². The Morgan fingerprint density at radius 1 is 1.30 bits per heavy atom. The van der Waals surface area contributed by atoms with Crippen molar-refractivity contribution in [3.63, 3.8) is 0 Å². The fourth-order valence-electron chi connectivity index (χ4n) is 1.99. The Hall–Kier alpha value is -1.75. The molecule has 5 heteroatoms. The van der Waals surface area contributed by atoms with Crippen LogP contribution in [0.5, 0.6) is 11.5 Å². The first-order valence-electron chi connectivity index (χ1n) is 6.76. The van der Waals surface area contributed by atoms with Crippen LogP contribution in [0.4, 0.5) is 0 Å². The monoisotopic (exact) mass is 280 g/mol. The number of rotatable bonds is 7. The molecule has 0 aliphatic heterocycles. The van der Waals surface area contributed by atoms with Gasteiger partial charge in [-0.15, -0.1) is 0 Å². The molecule has 1 atom stereocenters. The van der Waals surface area contributed by atoms with Crippen molar-refractivity contribution in [1.82, 2.24) is 5.32 Å². The van der Waals surface area contributed by atoms with Crippen molar-refractivity contribution in [2.24, 2.45) is 11.7 Å². The summed E-state index contributed by atoms with van der Waals surface area (Å²) in [6.07, 6.45) is 0.746. The first-order valence-corrected chi connectivity index (χ1v) is 6.76. The zero-order valence-corrected chi connectivity index (χ0v) is 12.6. The summed E-state index contributed by atoms with van der Waals surface area (Å²) in [7, 11) is 3.10. The van der Waals surface area contributed by atoms with Crippen molar-refractivity contribution in [1.29, 1.82) is 0 Å². The van der Waals surface area contributed by atoms with Crippen molar-refractivity contribution < 1.29 is 14.3 Å². The fraction of sp³-hybridized carbons (Fsp3) is 0.533. The third-order valence-electron chi connectivity index (χ3n) is 3.25. The fourth-order valence-corrected chi connectivity index (χ4v) is 1.99. The minimum absolute atomic E-state index is 0.0448. The molecule has 1 amide bonds. The van der Waals surface area contributed by atoms with Crippen LogP contribution in [0.15, 0.2) is 18.2 Å². The van der Waals surface area contributed by atoms with Gasteiger partial charge in [-0.05, 0) is 37.1 Å². The standard InChI is InChI=1S/C15H24N2O3/c1-10(2)13(7-8-16)17-15(18)12-9-11(19-3)5-6-14(12)20-4/h5-6,9-10,13H,7-8,16H2,1-4H3,(H,17,18). The molecule has 5 nitrogen and oxygen atoms in total. The minimum atomic E-state index is -0.173. The Bertz CT molecular complexity index is 447. The van der Waals surface area contributed by atoms with E-state index in [-0.39, 0.29) is 11.9 Å². The predicted octanol–water partition coefficient (Wildman–Crippen LogP) is 1.81. The van der Waals surface area contributed by atoms with Gasteiger partial charge in [0, 0.05) is 6.04 Å². The van der Waals surface area contributed by atoms with Crippen LogP contribution in [-0.2, 0) is 0 Å². The maximum atomic E-state index is 12.4. The topological polar surface area (TPSA) is 73.6 Å². The molecule has 0 aliphatic carbocycles. The number of carbonyl (C=O) groups excluding carboxylic acids is 1. The van der Waals surface area contributed by atoms with Gasteiger partial charge in [0.05, 0.1) is 19.8 Å². The van der Waals surface area contributed by atoms with E-state index in [0.717, 1.165) is 6.42 Å². The van der Waals surface area contributed by atoms with Crippen molar-refractivity contribution in [3.8, 4) is 11.5 Å². The highest BCUT2D eigenvalue weighted by molar-refractivity contribution is 5.97. The summed E-state index contributed by atoms with van der Waals surface area (Å²) in [6.45, 7) is 4.66. The summed E-state index contributed by atoms with van der Waals surface area (Å²) in [5.41, 5.74) is 6.05. The number of benzene rings is 1. The Labute approximate surface area is 120 Å². The maximum absolute atomic E-state index is 12.4. The number of hydrogen-bond donors (Lipinski definition) is 2. The number of methoxy groups -OCH3 is 2. The molecule has 112 valence electrons. The molecular formula is C15H24N2O3. The van der Waals surface area contributed by atoms with E-state index < -0.39 is 0 Å². The molecule has 0 aromatic heterocycles. The van der Waals surface area contributed by atoms with E-state index >= 15 is 0 Å². The normalized spacial score (nSPS) is 12.1. The third kappa shape index (κ3) is 4.13. The van der Waals surface area contributed by atoms with Crippen LogP contribution in [-0.4, -0.2) is 32.7 Å². The Morgan fingerprint density at radius 2 is 2.00 bits per heavy atom. The van der Waals surface area contributed by atoms with E-state index in [0.29, 0.717) is 29.5 Å². The molecule has 1 aromatic rings. The van der Waals surface area contributed by atoms with Gasteiger partial charge < -0.3 is 20.5 Å². The van der Waals surface area contributed by atoms with E-state index in [1.165, 1.54) is 0 Å². The molecular weight excluding hydrogens is 256 g/mol. The number of nitrogens with two attached hydrogens (primary N) is 1. The van der Waals surface area contributed by atoms with Crippen molar-refractivity contribution in [2.75, 3.05) is 20.8 Å². The lowest BCUT2D eigenvalue weighted by Gasteiger charge is -2.22. The number of nitrogens with one attached hydrogen (secondary N) is 1. The summed E-state index contributed by atoms with van der Waals surface area (Å²) in [6, 6.07) is 5.20. The van der Waals surface area contributed by atoms with Gasteiger partial charge in [-0.2, -0.15) is 0 Å². The summed E-state index contributed by atoms with van der Waals surface area (Å²) in [5, 5.41) is 3.01. The number of ether oxygens (including phenoxy) is 2. The highest BCUT2D eigenvalue weighted by Gasteiger charge is 2.19. The lowest BCUT2D eigenvalue weighted by atomic mass is 10.0. The summed E-state index contributed by atoms with van der Waals surface area (Å²) >= 11 is 0. The molecule has 3 N–H and O–H groups in total. The quantitative estimate of drug-likeness (QED) is 0.799. The average molecular weight is 280 g/mol. The van der Waals surface area contributed by atoms with E-state index in [4.69, 9.17) is 15.2 Å². The molecule has 1 unspecified atom stereocenters. The van der Waals surface area contributed by atoms with E-state index in [1.54, 1.807) is 32.4 Å². The first kappa shape index (κ1) is 16.3. The lowest BCUT2D eigenvalue weighted by molar-refractivity contribution is 0.0920. The second-order valence-corrected chi connectivity index (χ2v) is 4.97. The lowest BCUT2D eigenvalue weighted by Crippen LogP contribution is -2.40.